The lowest BCUT2D eigenvalue weighted by atomic mass is 9.83. The van der Waals surface area contributed by atoms with Gasteiger partial charge in [-0.25, -0.2) is 0 Å². The Morgan fingerprint density at radius 2 is 1.86 bits per heavy atom. The molecule has 0 N–H and O–H groups in total. The molecule has 1 nitrogen and oxygen atoms in total. The summed E-state index contributed by atoms with van der Waals surface area (Å²) < 4.78 is 1.39. The third kappa shape index (κ3) is 2.46. The van der Waals surface area contributed by atoms with Crippen molar-refractivity contribution in [3.05, 3.63) is 0 Å². The Morgan fingerprint density at radius 1 is 1.14 bits per heavy atom. The van der Waals surface area contributed by atoms with Gasteiger partial charge in [-0.2, -0.15) is 0 Å². The van der Waals surface area contributed by atoms with Crippen LogP contribution in [-0.4, -0.2) is 36.0 Å². The highest BCUT2D eigenvalue weighted by Gasteiger charge is 2.42. The van der Waals surface area contributed by atoms with Crippen LogP contribution in [0.4, 0.5) is 0 Å². The summed E-state index contributed by atoms with van der Waals surface area (Å²) in [6.07, 6.45) is 7.32. The number of fused-ring (bicyclic) bond motifs is 1. The fourth-order valence-corrected chi connectivity index (χ4v) is 4.17. The normalized spacial score (nSPS) is 42.4. The second-order valence-electron chi connectivity index (χ2n) is 5.05. The first-order valence-corrected chi connectivity index (χ1v) is 6.78. The van der Waals surface area contributed by atoms with Crippen LogP contribution in [0.5, 0.6) is 0 Å². The first-order valence-electron chi connectivity index (χ1n) is 5.66. The predicted octanol–water partition coefficient (Wildman–Crippen LogP) is -0.206. The fraction of sp³-hybridized carbons (Fsp3) is 1.00. The summed E-state index contributed by atoms with van der Waals surface area (Å²) in [4.78, 5) is 0. The smallest absolute Gasteiger partial charge is 0.0924 e. The van der Waals surface area contributed by atoms with Gasteiger partial charge in [0.15, 0.2) is 0 Å². The van der Waals surface area contributed by atoms with Crippen molar-refractivity contribution in [1.29, 1.82) is 0 Å². The van der Waals surface area contributed by atoms with Crippen molar-refractivity contribution < 1.29 is 28.5 Å². The Kier molecular flexibility index (Phi) is 5.18. The maximum absolute atomic E-state index is 3.69. The van der Waals surface area contributed by atoms with Crippen LogP contribution < -0.4 is 24.0 Å². The Labute approximate surface area is 113 Å². The Hall–Kier alpha value is 1.17. The number of halogens is 2. The molecule has 2 aliphatic rings. The van der Waals surface area contributed by atoms with Gasteiger partial charge >= 0.3 is 0 Å². The van der Waals surface area contributed by atoms with Crippen molar-refractivity contribution in [3.63, 3.8) is 0 Å². The molecule has 2 fully saturated rings. The minimum atomic E-state index is 0. The lowest BCUT2D eigenvalue weighted by molar-refractivity contribution is -0.946. The highest BCUT2D eigenvalue weighted by molar-refractivity contribution is 9.09. The van der Waals surface area contributed by atoms with Crippen LogP contribution in [0.3, 0.4) is 0 Å². The summed E-state index contributed by atoms with van der Waals surface area (Å²) in [5, 5.41) is 1.23. The summed E-state index contributed by atoms with van der Waals surface area (Å²) in [5.41, 5.74) is 0. The second kappa shape index (κ2) is 5.48. The molecule has 2 rings (SSSR count). The van der Waals surface area contributed by atoms with Gasteiger partial charge in [0.25, 0.3) is 0 Å². The SMILES string of the molecule is C[N+]12CCCC[C@@H]1[C@H](CBr)CCC2.[I-]. The molecule has 84 valence electrons. The number of piperidine rings is 2. The summed E-state index contributed by atoms with van der Waals surface area (Å²) in [6, 6.07) is 0.974. The molecular weight excluding hydrogens is 353 g/mol. The van der Waals surface area contributed by atoms with E-state index < -0.39 is 0 Å². The van der Waals surface area contributed by atoms with Crippen molar-refractivity contribution in [1.82, 2.24) is 0 Å². The number of hydrogen-bond acceptors (Lipinski definition) is 0. The molecule has 0 aromatic heterocycles. The molecule has 0 saturated carbocycles. The molecular formula is C11H21BrIN. The zero-order valence-corrected chi connectivity index (χ0v) is 12.8. The van der Waals surface area contributed by atoms with Crippen LogP contribution in [0.25, 0.3) is 0 Å². The van der Waals surface area contributed by atoms with E-state index in [1.165, 1.54) is 55.0 Å². The lowest BCUT2D eigenvalue weighted by Crippen LogP contribution is -3.00. The first-order chi connectivity index (χ1) is 6.26. The summed E-state index contributed by atoms with van der Waals surface area (Å²) in [7, 11) is 2.48. The van der Waals surface area contributed by atoms with E-state index in [9.17, 15) is 0 Å². The van der Waals surface area contributed by atoms with Gasteiger partial charge in [-0.05, 0) is 32.1 Å². The number of quaternary nitrogens is 1. The lowest BCUT2D eigenvalue weighted by Gasteiger charge is -2.51. The number of hydrogen-bond donors (Lipinski definition) is 0. The summed E-state index contributed by atoms with van der Waals surface area (Å²) >= 11 is 3.69. The van der Waals surface area contributed by atoms with Gasteiger partial charge in [-0.15, -0.1) is 0 Å². The van der Waals surface area contributed by atoms with Crippen molar-refractivity contribution in [2.45, 2.75) is 38.1 Å². The average molecular weight is 374 g/mol. The molecule has 3 heteroatoms. The van der Waals surface area contributed by atoms with Crippen LogP contribution in [0.1, 0.15) is 32.1 Å². The van der Waals surface area contributed by atoms with E-state index >= 15 is 0 Å². The Balaban J connectivity index is 0.000000980. The van der Waals surface area contributed by atoms with E-state index in [0.717, 1.165) is 12.0 Å². The minimum absolute atomic E-state index is 0. The maximum atomic E-state index is 3.69. The molecule has 3 atom stereocenters. The van der Waals surface area contributed by atoms with Crippen LogP contribution in [0.15, 0.2) is 0 Å². The van der Waals surface area contributed by atoms with E-state index in [1.54, 1.807) is 0 Å². The van der Waals surface area contributed by atoms with Gasteiger partial charge in [0, 0.05) is 11.2 Å². The Morgan fingerprint density at radius 3 is 2.57 bits per heavy atom. The molecule has 0 aliphatic carbocycles. The molecule has 0 bridgehead atoms. The maximum Gasteiger partial charge on any atom is 0.0924 e. The van der Waals surface area contributed by atoms with Gasteiger partial charge in [0.1, 0.15) is 0 Å². The molecule has 0 spiro atoms. The van der Waals surface area contributed by atoms with E-state index in [2.05, 4.69) is 23.0 Å². The highest BCUT2D eigenvalue weighted by Crippen LogP contribution is 2.36. The van der Waals surface area contributed by atoms with E-state index in [-0.39, 0.29) is 24.0 Å². The number of rotatable bonds is 1. The van der Waals surface area contributed by atoms with Crippen LogP contribution in [0, 0.1) is 5.92 Å². The molecule has 2 aliphatic heterocycles. The van der Waals surface area contributed by atoms with Gasteiger partial charge in [-0.3, -0.25) is 0 Å². The molecule has 0 amide bonds. The quantitative estimate of drug-likeness (QED) is 0.339. The molecule has 0 aromatic rings. The average Bonchev–Trinajstić information content (AvgIpc) is 2.15. The van der Waals surface area contributed by atoms with Gasteiger partial charge in [-0.1, -0.05) is 15.9 Å². The standard InChI is InChI=1S/C11H21BrN.HI/c1-13-7-3-2-6-11(13)10(9-12)5-4-8-13;/h10-11H,2-9H2,1H3;1H/q+1;/p-1/t10-,11+,13?;/m0./s1. The molecule has 0 aromatic carbocycles. The van der Waals surface area contributed by atoms with E-state index in [0.29, 0.717) is 0 Å². The fourth-order valence-electron chi connectivity index (χ4n) is 3.41. The summed E-state index contributed by atoms with van der Waals surface area (Å²) in [6.45, 7) is 2.88. The van der Waals surface area contributed by atoms with Crippen LogP contribution in [-0.2, 0) is 0 Å². The molecule has 0 radical (unpaired) electrons. The third-order valence-corrected chi connectivity index (χ3v) is 5.04. The largest absolute Gasteiger partial charge is 1.00 e. The van der Waals surface area contributed by atoms with Crippen molar-refractivity contribution in [3.8, 4) is 0 Å². The van der Waals surface area contributed by atoms with Gasteiger partial charge in [0.2, 0.25) is 0 Å². The van der Waals surface area contributed by atoms with Crippen LogP contribution >= 0.6 is 15.9 Å². The van der Waals surface area contributed by atoms with Gasteiger partial charge in [0.05, 0.1) is 26.2 Å². The van der Waals surface area contributed by atoms with Crippen molar-refractivity contribution in [2.24, 2.45) is 5.92 Å². The van der Waals surface area contributed by atoms with Crippen molar-refractivity contribution in [2.75, 3.05) is 25.5 Å². The predicted molar refractivity (Wildman–Crippen MR) is 60.1 cm³/mol. The van der Waals surface area contributed by atoms with E-state index in [1.807, 2.05) is 0 Å². The molecule has 2 saturated heterocycles. The Bertz CT molecular complexity index is 184. The van der Waals surface area contributed by atoms with Gasteiger partial charge < -0.3 is 28.5 Å². The third-order valence-electron chi connectivity index (χ3n) is 4.21. The number of alkyl halides is 1. The zero-order valence-electron chi connectivity index (χ0n) is 9.01. The van der Waals surface area contributed by atoms with E-state index in [4.69, 9.17) is 0 Å². The summed E-state index contributed by atoms with van der Waals surface area (Å²) in [5.74, 6) is 0.957. The minimum Gasteiger partial charge on any atom is -1.00 e. The topological polar surface area (TPSA) is 0 Å². The highest BCUT2D eigenvalue weighted by atomic mass is 127. The molecule has 1 unspecified atom stereocenters. The molecule has 14 heavy (non-hydrogen) atoms. The number of nitrogens with zero attached hydrogens (tertiary/aromatic N) is 1. The molecule has 2 heterocycles. The zero-order chi connectivity index (χ0) is 9.31. The van der Waals surface area contributed by atoms with Crippen molar-refractivity contribution >= 4 is 15.9 Å². The van der Waals surface area contributed by atoms with Crippen LogP contribution in [0.2, 0.25) is 0 Å². The first kappa shape index (κ1) is 13.2. The monoisotopic (exact) mass is 373 g/mol. The second-order valence-corrected chi connectivity index (χ2v) is 5.69.